The second-order valence-corrected chi connectivity index (χ2v) is 7.99. The van der Waals surface area contributed by atoms with Crippen molar-refractivity contribution in [2.45, 2.75) is 6.42 Å². The highest BCUT2D eigenvalue weighted by Gasteiger charge is 2.19. The lowest BCUT2D eigenvalue weighted by atomic mass is 10.2. The molecule has 1 fully saturated rings. The van der Waals surface area contributed by atoms with Gasteiger partial charge in [0.15, 0.2) is 5.82 Å². The number of rotatable bonds is 6. The Morgan fingerprint density at radius 2 is 1.87 bits per heavy atom. The van der Waals surface area contributed by atoms with Gasteiger partial charge in [-0.05, 0) is 29.6 Å². The molecular formula is C22H23N5O2S. The molecule has 3 aromatic rings. The number of nitrogens with one attached hydrogen (secondary N) is 3. The SMILES string of the molecule is O=C(Cc1cccs1)Nc1cc(C(=O)Nc2ccccc2)cnc1N1CCNCC1. The van der Waals surface area contributed by atoms with Crippen molar-refractivity contribution in [3.05, 3.63) is 70.5 Å². The Bertz CT molecular complexity index is 1000. The molecule has 4 rings (SSSR count). The molecule has 0 spiro atoms. The number of nitrogens with zero attached hydrogens (tertiary/aromatic N) is 2. The first-order valence-electron chi connectivity index (χ1n) is 9.83. The van der Waals surface area contributed by atoms with Gasteiger partial charge in [0.2, 0.25) is 5.91 Å². The van der Waals surface area contributed by atoms with E-state index in [-0.39, 0.29) is 11.8 Å². The lowest BCUT2D eigenvalue weighted by molar-refractivity contribution is -0.115. The number of carbonyl (C=O) groups is 2. The van der Waals surface area contributed by atoms with Crippen molar-refractivity contribution in [1.29, 1.82) is 0 Å². The van der Waals surface area contributed by atoms with Crippen LogP contribution in [-0.4, -0.2) is 43.0 Å². The predicted octanol–water partition coefficient (Wildman–Crippen LogP) is 2.99. The smallest absolute Gasteiger partial charge is 0.257 e. The number of aromatic nitrogens is 1. The fraction of sp³-hybridized carbons (Fsp3) is 0.227. The van der Waals surface area contributed by atoms with Crippen LogP contribution in [0.4, 0.5) is 17.2 Å². The van der Waals surface area contributed by atoms with E-state index in [4.69, 9.17) is 0 Å². The molecule has 0 unspecified atom stereocenters. The molecule has 0 aliphatic carbocycles. The maximum Gasteiger partial charge on any atom is 0.257 e. The number of carbonyl (C=O) groups excluding carboxylic acids is 2. The Hall–Kier alpha value is -3.23. The predicted molar refractivity (Wildman–Crippen MR) is 120 cm³/mol. The summed E-state index contributed by atoms with van der Waals surface area (Å²) >= 11 is 1.54. The average molecular weight is 422 g/mol. The van der Waals surface area contributed by atoms with Gasteiger partial charge in [0.25, 0.3) is 5.91 Å². The van der Waals surface area contributed by atoms with Crippen molar-refractivity contribution in [3.8, 4) is 0 Å². The number of piperazine rings is 1. The highest BCUT2D eigenvalue weighted by Crippen LogP contribution is 2.26. The molecule has 1 aromatic carbocycles. The van der Waals surface area contributed by atoms with Gasteiger partial charge < -0.3 is 20.9 Å². The molecule has 154 valence electrons. The van der Waals surface area contributed by atoms with E-state index in [1.54, 1.807) is 23.6 Å². The largest absolute Gasteiger partial charge is 0.352 e. The lowest BCUT2D eigenvalue weighted by Gasteiger charge is -2.30. The molecule has 0 saturated carbocycles. The molecule has 3 heterocycles. The fourth-order valence-electron chi connectivity index (χ4n) is 3.29. The van der Waals surface area contributed by atoms with Crippen LogP contribution in [0.15, 0.2) is 60.1 Å². The van der Waals surface area contributed by atoms with Gasteiger partial charge in [0.1, 0.15) is 0 Å². The average Bonchev–Trinajstić information content (AvgIpc) is 3.28. The standard InChI is InChI=1S/C22H23N5O2S/c28-20(14-18-7-4-12-30-18)26-19-13-16(22(29)25-17-5-2-1-3-6-17)15-24-21(19)27-10-8-23-9-11-27/h1-7,12-13,15,23H,8-11,14H2,(H,25,29)(H,26,28). The summed E-state index contributed by atoms with van der Waals surface area (Å²) in [5.41, 5.74) is 1.65. The van der Waals surface area contributed by atoms with E-state index in [9.17, 15) is 9.59 Å². The Morgan fingerprint density at radius 1 is 1.07 bits per heavy atom. The van der Waals surface area contributed by atoms with Crippen LogP contribution in [0.25, 0.3) is 0 Å². The van der Waals surface area contributed by atoms with E-state index in [0.29, 0.717) is 29.2 Å². The Balaban J connectivity index is 1.57. The van der Waals surface area contributed by atoms with Gasteiger partial charge >= 0.3 is 0 Å². The van der Waals surface area contributed by atoms with E-state index in [0.717, 1.165) is 31.1 Å². The lowest BCUT2D eigenvalue weighted by Crippen LogP contribution is -2.44. The first kappa shape index (κ1) is 20.1. The molecule has 2 aromatic heterocycles. The van der Waals surface area contributed by atoms with Crippen molar-refractivity contribution < 1.29 is 9.59 Å². The maximum atomic E-state index is 12.7. The first-order chi connectivity index (χ1) is 14.7. The third-order valence-corrected chi connectivity index (χ3v) is 5.64. The van der Waals surface area contributed by atoms with E-state index >= 15 is 0 Å². The fourth-order valence-corrected chi connectivity index (χ4v) is 4.00. The molecule has 8 heteroatoms. The van der Waals surface area contributed by atoms with Gasteiger partial charge in [-0.15, -0.1) is 11.3 Å². The van der Waals surface area contributed by atoms with Crippen LogP contribution in [0.1, 0.15) is 15.2 Å². The topological polar surface area (TPSA) is 86.4 Å². The number of amides is 2. The van der Waals surface area contributed by atoms with E-state index in [2.05, 4.69) is 25.8 Å². The third kappa shape index (κ3) is 5.03. The first-order valence-corrected chi connectivity index (χ1v) is 10.7. The summed E-state index contributed by atoms with van der Waals surface area (Å²) in [6, 6.07) is 14.8. The van der Waals surface area contributed by atoms with Gasteiger partial charge in [-0.2, -0.15) is 0 Å². The minimum atomic E-state index is -0.269. The second-order valence-electron chi connectivity index (χ2n) is 6.96. The molecule has 3 N–H and O–H groups in total. The summed E-state index contributed by atoms with van der Waals surface area (Å²) in [4.78, 5) is 33.0. The van der Waals surface area contributed by atoms with Crippen LogP contribution in [0.5, 0.6) is 0 Å². The van der Waals surface area contributed by atoms with Crippen molar-refractivity contribution in [2.75, 3.05) is 41.7 Å². The summed E-state index contributed by atoms with van der Waals surface area (Å²) in [5.74, 6) is 0.290. The van der Waals surface area contributed by atoms with Crippen LogP contribution in [0.3, 0.4) is 0 Å². The highest BCUT2D eigenvalue weighted by atomic mass is 32.1. The Kier molecular flexibility index (Phi) is 6.36. The summed E-state index contributed by atoms with van der Waals surface area (Å²) < 4.78 is 0. The molecule has 1 aliphatic rings. The highest BCUT2D eigenvalue weighted by molar-refractivity contribution is 7.10. The summed E-state index contributed by atoms with van der Waals surface area (Å²) in [5, 5.41) is 11.1. The number of hydrogen-bond acceptors (Lipinski definition) is 6. The zero-order valence-electron chi connectivity index (χ0n) is 16.4. The van der Waals surface area contributed by atoms with Gasteiger partial charge in [0.05, 0.1) is 17.7 Å². The molecule has 0 atom stereocenters. The summed E-state index contributed by atoms with van der Waals surface area (Å²) in [6.07, 6.45) is 1.85. The molecule has 2 amide bonds. The van der Waals surface area contributed by atoms with Gasteiger partial charge in [-0.25, -0.2) is 4.98 Å². The van der Waals surface area contributed by atoms with Crippen molar-refractivity contribution in [1.82, 2.24) is 10.3 Å². The number of benzene rings is 1. The van der Waals surface area contributed by atoms with Crippen molar-refractivity contribution in [3.63, 3.8) is 0 Å². The van der Waals surface area contributed by atoms with Crippen LogP contribution < -0.4 is 20.9 Å². The molecule has 0 radical (unpaired) electrons. The minimum Gasteiger partial charge on any atom is -0.352 e. The van der Waals surface area contributed by atoms with Crippen molar-refractivity contribution >= 4 is 40.3 Å². The third-order valence-electron chi connectivity index (χ3n) is 4.77. The molecule has 7 nitrogen and oxygen atoms in total. The van der Waals surface area contributed by atoms with E-state index < -0.39 is 0 Å². The number of anilines is 3. The normalized spacial score (nSPS) is 13.7. The Morgan fingerprint density at radius 3 is 2.60 bits per heavy atom. The van der Waals surface area contributed by atoms with Crippen LogP contribution >= 0.6 is 11.3 Å². The molecule has 1 aliphatic heterocycles. The summed E-state index contributed by atoms with van der Waals surface area (Å²) in [6.45, 7) is 3.27. The van der Waals surface area contributed by atoms with Gasteiger partial charge in [-0.1, -0.05) is 24.3 Å². The zero-order chi connectivity index (χ0) is 20.8. The Labute approximate surface area is 179 Å². The van der Waals surface area contributed by atoms with E-state index in [1.165, 1.54) is 0 Å². The monoisotopic (exact) mass is 421 g/mol. The minimum absolute atomic E-state index is 0.128. The number of pyridine rings is 1. The summed E-state index contributed by atoms with van der Waals surface area (Å²) in [7, 11) is 0. The quantitative estimate of drug-likeness (QED) is 0.570. The molecular weight excluding hydrogens is 398 g/mol. The number of hydrogen-bond donors (Lipinski definition) is 3. The maximum absolute atomic E-state index is 12.7. The van der Waals surface area contributed by atoms with E-state index in [1.807, 2.05) is 47.8 Å². The van der Waals surface area contributed by atoms with Crippen LogP contribution in [-0.2, 0) is 11.2 Å². The molecule has 0 bridgehead atoms. The number of thiophene rings is 1. The van der Waals surface area contributed by atoms with Crippen LogP contribution in [0, 0.1) is 0 Å². The molecule has 1 saturated heterocycles. The van der Waals surface area contributed by atoms with Crippen molar-refractivity contribution in [2.24, 2.45) is 0 Å². The second kappa shape index (κ2) is 9.51. The molecule has 30 heavy (non-hydrogen) atoms. The zero-order valence-corrected chi connectivity index (χ0v) is 17.2. The van der Waals surface area contributed by atoms with Gasteiger partial charge in [0, 0.05) is 42.9 Å². The van der Waals surface area contributed by atoms with Gasteiger partial charge in [-0.3, -0.25) is 9.59 Å². The number of para-hydroxylation sites is 1. The van der Waals surface area contributed by atoms with Crippen LogP contribution in [0.2, 0.25) is 0 Å².